The summed E-state index contributed by atoms with van der Waals surface area (Å²) in [6.45, 7) is 0.185. The zero-order valence-corrected chi connectivity index (χ0v) is 10.9. The molecular weight excluding hydrogens is 275 g/mol. The first kappa shape index (κ1) is 13.2. The lowest BCUT2D eigenvalue weighted by Gasteiger charge is -2.00. The minimum absolute atomic E-state index is 0.0494. The molecule has 0 aliphatic carbocycles. The van der Waals surface area contributed by atoms with E-state index in [9.17, 15) is 14.3 Å². The summed E-state index contributed by atoms with van der Waals surface area (Å²) >= 11 is 0. The molecule has 2 aromatic rings. The first-order valence-electron chi connectivity index (χ1n) is 6.24. The number of fused-ring (bicyclic) bond motifs is 1. The lowest BCUT2D eigenvalue weighted by atomic mass is 10.1. The molecule has 4 nitrogen and oxygen atoms in total. The molecule has 21 heavy (non-hydrogen) atoms. The fourth-order valence-electron chi connectivity index (χ4n) is 1.99. The van der Waals surface area contributed by atoms with Gasteiger partial charge >= 0.3 is 0 Å². The zero-order chi connectivity index (χ0) is 14.8. The average molecular weight is 286 g/mol. The van der Waals surface area contributed by atoms with Gasteiger partial charge in [0.25, 0.3) is 0 Å². The van der Waals surface area contributed by atoms with Crippen LogP contribution in [0.1, 0.15) is 15.9 Å². The molecule has 106 valence electrons. The quantitative estimate of drug-likeness (QED) is 0.695. The summed E-state index contributed by atoms with van der Waals surface area (Å²) in [4.78, 5) is 12.0. The van der Waals surface area contributed by atoms with Gasteiger partial charge in [-0.05, 0) is 35.9 Å². The number of aromatic hydroxyl groups is 1. The zero-order valence-electron chi connectivity index (χ0n) is 10.9. The van der Waals surface area contributed by atoms with E-state index in [0.717, 1.165) is 17.7 Å². The predicted molar refractivity (Wildman–Crippen MR) is 74.0 cm³/mol. The average Bonchev–Trinajstić information content (AvgIpc) is 2.92. The number of rotatable bonds is 3. The molecule has 1 heterocycles. The summed E-state index contributed by atoms with van der Waals surface area (Å²) in [5, 5.41) is 9.55. The number of ether oxygens (including phenoxy) is 2. The van der Waals surface area contributed by atoms with Gasteiger partial charge in [-0.3, -0.25) is 4.79 Å². The smallest absolute Gasteiger partial charge is 0.231 e. The molecule has 1 N–H and O–H groups in total. The minimum Gasteiger partial charge on any atom is -0.507 e. The van der Waals surface area contributed by atoms with Crippen molar-refractivity contribution in [2.45, 2.75) is 0 Å². The molecular formula is C16H11FO4. The van der Waals surface area contributed by atoms with Crippen molar-refractivity contribution in [1.29, 1.82) is 0 Å². The lowest BCUT2D eigenvalue weighted by Crippen LogP contribution is -1.95. The number of ketones is 1. The number of hydrogen-bond donors (Lipinski definition) is 1. The van der Waals surface area contributed by atoms with Gasteiger partial charge in [0.05, 0.1) is 5.56 Å². The van der Waals surface area contributed by atoms with Crippen LogP contribution in [0.15, 0.2) is 42.5 Å². The fourth-order valence-corrected chi connectivity index (χ4v) is 1.99. The van der Waals surface area contributed by atoms with E-state index in [1.807, 2.05) is 0 Å². The van der Waals surface area contributed by atoms with Crippen molar-refractivity contribution in [3.63, 3.8) is 0 Å². The van der Waals surface area contributed by atoms with E-state index in [-0.39, 0.29) is 18.1 Å². The van der Waals surface area contributed by atoms with Gasteiger partial charge in [0.1, 0.15) is 11.6 Å². The molecule has 2 aromatic carbocycles. The monoisotopic (exact) mass is 286 g/mol. The Kier molecular flexibility index (Phi) is 3.31. The van der Waals surface area contributed by atoms with E-state index in [1.54, 1.807) is 24.3 Å². The SMILES string of the molecule is O=C(/C=C/c1ccc2c(c1)OCO2)c1ccc(F)cc1O. The summed E-state index contributed by atoms with van der Waals surface area (Å²) in [6, 6.07) is 8.56. The Morgan fingerprint density at radius 3 is 2.76 bits per heavy atom. The Balaban J connectivity index is 1.80. The topological polar surface area (TPSA) is 55.8 Å². The summed E-state index contributed by atoms with van der Waals surface area (Å²) in [5.41, 5.74) is 0.808. The first-order chi connectivity index (χ1) is 10.1. The van der Waals surface area contributed by atoms with Crippen molar-refractivity contribution in [3.05, 3.63) is 59.4 Å². The molecule has 0 atom stereocenters. The third-order valence-corrected chi connectivity index (χ3v) is 3.05. The summed E-state index contributed by atoms with van der Waals surface area (Å²) in [5.74, 6) is -0.104. The van der Waals surface area contributed by atoms with Gasteiger partial charge in [-0.1, -0.05) is 12.1 Å². The maximum absolute atomic E-state index is 12.9. The largest absolute Gasteiger partial charge is 0.507 e. The Bertz CT molecular complexity index is 737. The van der Waals surface area contributed by atoms with Gasteiger partial charge in [0, 0.05) is 6.07 Å². The molecule has 0 aromatic heterocycles. The highest BCUT2D eigenvalue weighted by atomic mass is 19.1. The van der Waals surface area contributed by atoms with Crippen LogP contribution in [-0.2, 0) is 0 Å². The number of halogens is 1. The fraction of sp³-hybridized carbons (Fsp3) is 0.0625. The second-order valence-corrected chi connectivity index (χ2v) is 4.47. The van der Waals surface area contributed by atoms with Gasteiger partial charge in [-0.15, -0.1) is 0 Å². The maximum Gasteiger partial charge on any atom is 0.231 e. The first-order valence-corrected chi connectivity index (χ1v) is 6.24. The maximum atomic E-state index is 12.9. The molecule has 1 aliphatic heterocycles. The Hall–Kier alpha value is -2.82. The number of carbonyl (C=O) groups excluding carboxylic acids is 1. The highest BCUT2D eigenvalue weighted by molar-refractivity contribution is 6.08. The third kappa shape index (κ3) is 2.72. The molecule has 0 unspecified atom stereocenters. The van der Waals surface area contributed by atoms with Crippen LogP contribution < -0.4 is 9.47 Å². The summed E-state index contributed by atoms with van der Waals surface area (Å²) in [7, 11) is 0. The number of hydrogen-bond acceptors (Lipinski definition) is 4. The van der Waals surface area contributed by atoms with E-state index in [0.29, 0.717) is 11.5 Å². The van der Waals surface area contributed by atoms with E-state index < -0.39 is 11.6 Å². The number of phenols is 1. The van der Waals surface area contributed by atoms with Crippen molar-refractivity contribution in [2.75, 3.05) is 6.79 Å². The van der Waals surface area contributed by atoms with Crippen LogP contribution in [-0.4, -0.2) is 17.7 Å². The van der Waals surface area contributed by atoms with Crippen LogP contribution in [0, 0.1) is 5.82 Å². The second-order valence-electron chi connectivity index (χ2n) is 4.47. The molecule has 0 bridgehead atoms. The molecule has 5 heteroatoms. The number of benzene rings is 2. The molecule has 0 saturated carbocycles. The van der Waals surface area contributed by atoms with Crippen molar-refractivity contribution in [1.82, 2.24) is 0 Å². The minimum atomic E-state index is -0.594. The number of phenolic OH excluding ortho intramolecular Hbond substituents is 1. The molecule has 0 radical (unpaired) electrons. The standard InChI is InChI=1S/C16H11FO4/c17-11-3-4-12(14(19)8-11)13(18)5-1-10-2-6-15-16(7-10)21-9-20-15/h1-8,19H,9H2/b5-1+. The van der Waals surface area contributed by atoms with Crippen molar-refractivity contribution in [2.24, 2.45) is 0 Å². The van der Waals surface area contributed by atoms with Crippen LogP contribution in [0.5, 0.6) is 17.2 Å². The number of carbonyl (C=O) groups is 1. The van der Waals surface area contributed by atoms with Crippen LogP contribution in [0.3, 0.4) is 0 Å². The van der Waals surface area contributed by atoms with Gasteiger partial charge in [0.15, 0.2) is 17.3 Å². The van der Waals surface area contributed by atoms with Crippen molar-refractivity contribution in [3.8, 4) is 17.2 Å². The van der Waals surface area contributed by atoms with E-state index in [1.165, 1.54) is 12.1 Å². The van der Waals surface area contributed by atoms with E-state index in [2.05, 4.69) is 0 Å². The summed E-state index contributed by atoms with van der Waals surface area (Å²) < 4.78 is 23.3. The van der Waals surface area contributed by atoms with Crippen LogP contribution in [0.2, 0.25) is 0 Å². The molecule has 1 aliphatic rings. The van der Waals surface area contributed by atoms with Gasteiger partial charge in [0.2, 0.25) is 6.79 Å². The second kappa shape index (κ2) is 5.28. The third-order valence-electron chi connectivity index (χ3n) is 3.05. The van der Waals surface area contributed by atoms with Crippen LogP contribution in [0.25, 0.3) is 6.08 Å². The number of allylic oxidation sites excluding steroid dienone is 1. The van der Waals surface area contributed by atoms with E-state index in [4.69, 9.17) is 9.47 Å². The Morgan fingerprint density at radius 2 is 1.95 bits per heavy atom. The highest BCUT2D eigenvalue weighted by Gasteiger charge is 2.13. The summed E-state index contributed by atoms with van der Waals surface area (Å²) in [6.07, 6.45) is 2.90. The van der Waals surface area contributed by atoms with Crippen molar-refractivity contribution < 1.29 is 23.8 Å². The molecule has 3 rings (SSSR count). The lowest BCUT2D eigenvalue weighted by molar-refractivity contribution is 0.104. The Morgan fingerprint density at radius 1 is 1.14 bits per heavy atom. The molecule has 0 spiro atoms. The van der Waals surface area contributed by atoms with Gasteiger partial charge in [-0.2, -0.15) is 0 Å². The predicted octanol–water partition coefficient (Wildman–Crippen LogP) is 3.16. The van der Waals surface area contributed by atoms with Gasteiger partial charge in [-0.25, -0.2) is 4.39 Å². The van der Waals surface area contributed by atoms with Crippen LogP contribution >= 0.6 is 0 Å². The van der Waals surface area contributed by atoms with Crippen LogP contribution in [0.4, 0.5) is 4.39 Å². The Labute approximate surface area is 120 Å². The normalized spacial score (nSPS) is 12.8. The molecule has 0 saturated heterocycles. The molecule has 0 fully saturated rings. The van der Waals surface area contributed by atoms with Crippen molar-refractivity contribution >= 4 is 11.9 Å². The molecule has 0 amide bonds. The highest BCUT2D eigenvalue weighted by Crippen LogP contribution is 2.32. The van der Waals surface area contributed by atoms with Gasteiger partial charge < -0.3 is 14.6 Å². The van der Waals surface area contributed by atoms with E-state index >= 15 is 0 Å².